The third kappa shape index (κ3) is 2.80. The van der Waals surface area contributed by atoms with E-state index >= 15 is 0 Å². The smallest absolute Gasteiger partial charge is 0.247 e. The minimum absolute atomic E-state index is 0.00148. The third-order valence-corrected chi connectivity index (χ3v) is 3.75. The molecule has 1 aliphatic heterocycles. The summed E-state index contributed by atoms with van der Waals surface area (Å²) in [6.45, 7) is 4.70. The predicted molar refractivity (Wildman–Crippen MR) is 69.9 cm³/mol. The van der Waals surface area contributed by atoms with Crippen molar-refractivity contribution in [1.29, 1.82) is 0 Å². The molecule has 0 spiro atoms. The van der Waals surface area contributed by atoms with Gasteiger partial charge in [-0.2, -0.15) is 0 Å². The van der Waals surface area contributed by atoms with Gasteiger partial charge < -0.3 is 5.32 Å². The lowest BCUT2D eigenvalue weighted by atomic mass is 10.2. The monoisotopic (exact) mass is 250 g/mol. The molecular formula is C14H22N2O2. The first-order valence-corrected chi connectivity index (χ1v) is 6.82. The Labute approximate surface area is 108 Å². The Hall–Kier alpha value is -1.16. The van der Waals surface area contributed by atoms with Crippen LogP contribution < -0.4 is 5.32 Å². The van der Waals surface area contributed by atoms with Gasteiger partial charge in [0.25, 0.3) is 0 Å². The summed E-state index contributed by atoms with van der Waals surface area (Å²) >= 11 is 0. The lowest BCUT2D eigenvalue weighted by molar-refractivity contribution is -0.141. The first-order valence-electron chi connectivity index (χ1n) is 6.82. The quantitative estimate of drug-likeness (QED) is 0.609. The van der Waals surface area contributed by atoms with Crippen molar-refractivity contribution < 1.29 is 9.59 Å². The molecule has 1 aliphatic carbocycles. The molecule has 0 aromatic rings. The summed E-state index contributed by atoms with van der Waals surface area (Å²) in [6, 6.07) is -0.144. The van der Waals surface area contributed by atoms with E-state index in [0.717, 1.165) is 25.7 Å². The van der Waals surface area contributed by atoms with Gasteiger partial charge in [-0.1, -0.05) is 24.5 Å². The van der Waals surface area contributed by atoms with Gasteiger partial charge in [-0.15, -0.1) is 0 Å². The maximum Gasteiger partial charge on any atom is 0.247 e. The number of hydrogen-bond acceptors (Lipinski definition) is 3. The zero-order valence-corrected chi connectivity index (χ0v) is 11.2. The summed E-state index contributed by atoms with van der Waals surface area (Å²) in [5.41, 5.74) is 1.21. The van der Waals surface area contributed by atoms with Crippen molar-refractivity contribution in [1.82, 2.24) is 10.2 Å². The minimum Gasteiger partial charge on any atom is -0.302 e. The van der Waals surface area contributed by atoms with E-state index < -0.39 is 0 Å². The zero-order chi connectivity index (χ0) is 13.1. The Balaban J connectivity index is 1.93. The predicted octanol–water partition coefficient (Wildman–Crippen LogP) is 1.61. The van der Waals surface area contributed by atoms with Crippen LogP contribution in [0.15, 0.2) is 11.6 Å². The van der Waals surface area contributed by atoms with Crippen molar-refractivity contribution in [2.45, 2.75) is 58.0 Å². The van der Waals surface area contributed by atoms with Gasteiger partial charge in [-0.3, -0.25) is 14.5 Å². The fourth-order valence-electron chi connectivity index (χ4n) is 2.76. The van der Waals surface area contributed by atoms with Crippen molar-refractivity contribution in [3.05, 3.63) is 11.6 Å². The molecule has 2 aliphatic rings. The maximum atomic E-state index is 12.2. The van der Waals surface area contributed by atoms with Gasteiger partial charge in [-0.25, -0.2) is 0 Å². The van der Waals surface area contributed by atoms with Gasteiger partial charge in [0.05, 0.1) is 12.5 Å². The van der Waals surface area contributed by atoms with E-state index in [1.807, 2.05) is 19.9 Å². The number of carbonyl (C=O) groups is 2. The zero-order valence-electron chi connectivity index (χ0n) is 11.2. The molecule has 1 saturated carbocycles. The molecule has 18 heavy (non-hydrogen) atoms. The fourth-order valence-corrected chi connectivity index (χ4v) is 2.76. The van der Waals surface area contributed by atoms with Gasteiger partial charge in [-0.05, 0) is 26.7 Å². The highest BCUT2D eigenvalue weighted by molar-refractivity contribution is 6.05. The van der Waals surface area contributed by atoms with Crippen LogP contribution >= 0.6 is 0 Å². The molecule has 2 fully saturated rings. The number of nitrogens with one attached hydrogen (secondary N) is 1. The second-order valence-corrected chi connectivity index (χ2v) is 5.49. The summed E-state index contributed by atoms with van der Waals surface area (Å²) in [6.07, 6.45) is 6.60. The number of carbonyl (C=O) groups excluding carboxylic acids is 2. The number of hydrogen-bond donors (Lipinski definition) is 1. The van der Waals surface area contributed by atoms with Crippen molar-refractivity contribution in [3.8, 4) is 0 Å². The normalized spacial score (nSPS) is 25.0. The first-order chi connectivity index (χ1) is 8.59. The van der Waals surface area contributed by atoms with E-state index in [4.69, 9.17) is 0 Å². The standard InChI is InChI=1S/C14H22N2O2/c1-10(2)7-8-15-12-9-13(17)16(14(12)18)11-5-3-4-6-11/h7,11-12,15H,3-6,8-9H2,1-2H3. The lowest BCUT2D eigenvalue weighted by Gasteiger charge is -2.22. The molecule has 2 rings (SSSR count). The fraction of sp³-hybridized carbons (Fsp3) is 0.714. The third-order valence-electron chi connectivity index (χ3n) is 3.75. The maximum absolute atomic E-state index is 12.2. The summed E-state index contributed by atoms with van der Waals surface area (Å²) in [4.78, 5) is 25.7. The first kappa shape index (κ1) is 13.3. The van der Waals surface area contributed by atoms with Crippen LogP contribution in [0, 0.1) is 0 Å². The Morgan fingerprint density at radius 2 is 2.00 bits per heavy atom. The van der Waals surface area contributed by atoms with Crippen molar-refractivity contribution in [3.63, 3.8) is 0 Å². The molecule has 1 unspecified atom stereocenters. The molecule has 4 nitrogen and oxygen atoms in total. The second kappa shape index (κ2) is 5.65. The molecule has 0 bridgehead atoms. The Kier molecular flexibility index (Phi) is 4.17. The van der Waals surface area contributed by atoms with E-state index in [0.29, 0.717) is 13.0 Å². The SMILES string of the molecule is CC(C)=CCNC1CC(=O)N(C2CCCC2)C1=O. The minimum atomic E-state index is -0.311. The van der Waals surface area contributed by atoms with E-state index in [-0.39, 0.29) is 23.9 Å². The van der Waals surface area contributed by atoms with Crippen LogP contribution in [0.2, 0.25) is 0 Å². The molecule has 2 amide bonds. The van der Waals surface area contributed by atoms with Crippen molar-refractivity contribution in [2.75, 3.05) is 6.54 Å². The van der Waals surface area contributed by atoms with Crippen LogP contribution in [-0.2, 0) is 9.59 Å². The average molecular weight is 250 g/mol. The number of rotatable bonds is 4. The highest BCUT2D eigenvalue weighted by Crippen LogP contribution is 2.28. The average Bonchev–Trinajstić information content (AvgIpc) is 2.88. The summed E-state index contributed by atoms with van der Waals surface area (Å²) in [7, 11) is 0. The topological polar surface area (TPSA) is 49.4 Å². The van der Waals surface area contributed by atoms with Gasteiger partial charge in [0.2, 0.25) is 11.8 Å². The molecule has 0 aromatic carbocycles. The van der Waals surface area contributed by atoms with Crippen LogP contribution in [0.4, 0.5) is 0 Å². The molecule has 0 aromatic heterocycles. The van der Waals surface area contributed by atoms with Crippen LogP contribution in [0.5, 0.6) is 0 Å². The van der Waals surface area contributed by atoms with Gasteiger partial charge >= 0.3 is 0 Å². The second-order valence-electron chi connectivity index (χ2n) is 5.49. The molecule has 0 radical (unpaired) electrons. The van der Waals surface area contributed by atoms with Crippen molar-refractivity contribution >= 4 is 11.8 Å². The van der Waals surface area contributed by atoms with E-state index in [2.05, 4.69) is 5.32 Å². The molecule has 100 valence electrons. The van der Waals surface area contributed by atoms with E-state index in [9.17, 15) is 9.59 Å². The number of imide groups is 1. The number of likely N-dealkylation sites (tertiary alicyclic amines) is 1. The molecule has 4 heteroatoms. The van der Waals surface area contributed by atoms with Gasteiger partial charge in [0.15, 0.2) is 0 Å². The molecule has 1 N–H and O–H groups in total. The number of nitrogens with zero attached hydrogens (tertiary/aromatic N) is 1. The Morgan fingerprint density at radius 1 is 1.33 bits per heavy atom. The van der Waals surface area contributed by atoms with E-state index in [1.54, 1.807) is 0 Å². The van der Waals surface area contributed by atoms with Crippen LogP contribution in [0.25, 0.3) is 0 Å². The molecule has 1 saturated heterocycles. The highest BCUT2D eigenvalue weighted by atomic mass is 16.2. The molecule has 1 heterocycles. The number of amides is 2. The van der Waals surface area contributed by atoms with Crippen molar-refractivity contribution in [2.24, 2.45) is 0 Å². The van der Waals surface area contributed by atoms with Gasteiger partial charge in [0, 0.05) is 12.6 Å². The van der Waals surface area contributed by atoms with Crippen LogP contribution in [-0.4, -0.2) is 35.3 Å². The van der Waals surface area contributed by atoms with E-state index in [1.165, 1.54) is 10.5 Å². The van der Waals surface area contributed by atoms with Crippen LogP contribution in [0.3, 0.4) is 0 Å². The number of allylic oxidation sites excluding steroid dienone is 1. The van der Waals surface area contributed by atoms with Crippen LogP contribution in [0.1, 0.15) is 46.0 Å². The van der Waals surface area contributed by atoms with Gasteiger partial charge in [0.1, 0.15) is 0 Å². The summed E-state index contributed by atoms with van der Waals surface area (Å²) in [5.74, 6) is -0.0179. The summed E-state index contributed by atoms with van der Waals surface area (Å²) < 4.78 is 0. The summed E-state index contributed by atoms with van der Waals surface area (Å²) in [5, 5.41) is 3.16. The lowest BCUT2D eigenvalue weighted by Crippen LogP contribution is -2.43. The molecular weight excluding hydrogens is 228 g/mol. The Morgan fingerprint density at radius 3 is 2.61 bits per heavy atom. The highest BCUT2D eigenvalue weighted by Gasteiger charge is 2.42. The largest absolute Gasteiger partial charge is 0.302 e. The Bertz CT molecular complexity index is 366. The molecule has 1 atom stereocenters.